The van der Waals surface area contributed by atoms with E-state index in [4.69, 9.17) is 4.74 Å². The van der Waals surface area contributed by atoms with Crippen LogP contribution >= 0.6 is 11.8 Å². The first-order valence-electron chi connectivity index (χ1n) is 9.40. The van der Waals surface area contributed by atoms with Gasteiger partial charge in [-0.05, 0) is 59.5 Å². The lowest BCUT2D eigenvalue weighted by Crippen LogP contribution is -2.23. The standard InChI is InChI=1S/C21H25N5O2S/c1-13(2)16-8-6-7-9-17(16)22-20(27)15(4)29-21-23-24-25-26(21)18-12-14(3)10-11-19(18)28-5/h6-13,15H,1-5H3,(H,22,27)/t15-/m0/s1. The average Bonchev–Trinajstić information content (AvgIpc) is 3.16. The van der Waals surface area contributed by atoms with Gasteiger partial charge in [0.1, 0.15) is 11.4 Å². The predicted molar refractivity (Wildman–Crippen MR) is 115 cm³/mol. The summed E-state index contributed by atoms with van der Waals surface area (Å²) in [5, 5.41) is 15.1. The molecular formula is C21H25N5O2S. The van der Waals surface area contributed by atoms with Gasteiger partial charge in [0.15, 0.2) is 0 Å². The highest BCUT2D eigenvalue weighted by Crippen LogP contribution is 2.30. The van der Waals surface area contributed by atoms with Gasteiger partial charge >= 0.3 is 0 Å². The second-order valence-corrected chi connectivity index (χ2v) is 8.35. The van der Waals surface area contributed by atoms with Crippen LogP contribution in [0.25, 0.3) is 5.69 Å². The van der Waals surface area contributed by atoms with E-state index in [1.54, 1.807) is 11.8 Å². The third kappa shape index (κ3) is 4.76. The van der Waals surface area contributed by atoms with Gasteiger partial charge in [0.25, 0.3) is 0 Å². The minimum Gasteiger partial charge on any atom is -0.494 e. The number of benzene rings is 2. The van der Waals surface area contributed by atoms with Crippen LogP contribution < -0.4 is 10.1 Å². The van der Waals surface area contributed by atoms with Gasteiger partial charge in [-0.1, -0.05) is 49.9 Å². The van der Waals surface area contributed by atoms with E-state index in [0.717, 1.165) is 22.5 Å². The van der Waals surface area contributed by atoms with Gasteiger partial charge in [-0.25, -0.2) is 0 Å². The molecule has 0 bridgehead atoms. The van der Waals surface area contributed by atoms with E-state index in [1.165, 1.54) is 11.8 Å². The maximum Gasteiger partial charge on any atom is 0.237 e. The molecule has 0 saturated carbocycles. The molecule has 8 heteroatoms. The first-order chi connectivity index (χ1) is 13.9. The molecule has 0 saturated heterocycles. The van der Waals surface area contributed by atoms with Crippen molar-refractivity contribution in [3.05, 3.63) is 53.6 Å². The summed E-state index contributed by atoms with van der Waals surface area (Å²) in [5.41, 5.74) is 3.73. The number of anilines is 1. The zero-order valence-corrected chi connectivity index (χ0v) is 18.0. The Morgan fingerprint density at radius 3 is 2.66 bits per heavy atom. The quantitative estimate of drug-likeness (QED) is 0.586. The number of hydrogen-bond acceptors (Lipinski definition) is 6. The Kier molecular flexibility index (Phi) is 6.53. The third-order valence-corrected chi connectivity index (χ3v) is 5.53. The van der Waals surface area contributed by atoms with E-state index in [1.807, 2.05) is 56.3 Å². The van der Waals surface area contributed by atoms with Gasteiger partial charge in [-0.3, -0.25) is 4.79 Å². The number of carbonyl (C=O) groups is 1. The van der Waals surface area contributed by atoms with Crippen LogP contribution in [0.15, 0.2) is 47.6 Å². The number of aromatic nitrogens is 4. The molecule has 0 fully saturated rings. The number of amides is 1. The van der Waals surface area contributed by atoms with E-state index in [-0.39, 0.29) is 5.91 Å². The highest BCUT2D eigenvalue weighted by atomic mass is 32.2. The predicted octanol–water partition coefficient (Wildman–Crippen LogP) is 4.22. The van der Waals surface area contributed by atoms with Crippen LogP contribution in [-0.4, -0.2) is 38.5 Å². The van der Waals surface area contributed by atoms with Gasteiger partial charge in [0.2, 0.25) is 11.1 Å². The molecule has 0 aliphatic carbocycles. The van der Waals surface area contributed by atoms with Crippen molar-refractivity contribution in [1.29, 1.82) is 0 Å². The Hall–Kier alpha value is -2.87. The molecule has 3 aromatic rings. The lowest BCUT2D eigenvalue weighted by Gasteiger charge is -2.16. The number of nitrogens with one attached hydrogen (secondary N) is 1. The van der Waals surface area contributed by atoms with Gasteiger partial charge in [-0.15, -0.1) is 5.10 Å². The van der Waals surface area contributed by atoms with Gasteiger partial charge in [0.05, 0.1) is 12.4 Å². The fraction of sp³-hybridized carbons (Fsp3) is 0.333. The monoisotopic (exact) mass is 411 g/mol. The van der Waals surface area contributed by atoms with E-state index in [0.29, 0.717) is 16.8 Å². The fourth-order valence-corrected chi connectivity index (χ4v) is 3.73. The molecule has 0 unspecified atom stereocenters. The molecular weight excluding hydrogens is 386 g/mol. The van der Waals surface area contributed by atoms with Gasteiger partial charge < -0.3 is 10.1 Å². The molecule has 1 N–H and O–H groups in total. The van der Waals surface area contributed by atoms with Crippen LogP contribution in [0.4, 0.5) is 5.69 Å². The Bertz CT molecular complexity index is 1000. The second kappa shape index (κ2) is 9.09. The highest BCUT2D eigenvalue weighted by molar-refractivity contribution is 8.00. The molecule has 1 atom stereocenters. The van der Waals surface area contributed by atoms with Crippen molar-refractivity contribution >= 4 is 23.4 Å². The number of aryl methyl sites for hydroxylation is 1. The zero-order valence-electron chi connectivity index (χ0n) is 17.2. The SMILES string of the molecule is COc1ccc(C)cc1-n1nnnc1S[C@@H](C)C(=O)Nc1ccccc1C(C)C. The summed E-state index contributed by atoms with van der Waals surface area (Å²) in [6.45, 7) is 8.03. The lowest BCUT2D eigenvalue weighted by molar-refractivity contribution is -0.115. The second-order valence-electron chi connectivity index (χ2n) is 7.04. The van der Waals surface area contributed by atoms with E-state index in [9.17, 15) is 4.79 Å². The van der Waals surface area contributed by atoms with Crippen molar-refractivity contribution in [3.8, 4) is 11.4 Å². The average molecular weight is 412 g/mol. The van der Waals surface area contributed by atoms with Crippen molar-refractivity contribution in [3.63, 3.8) is 0 Å². The molecule has 0 aliphatic heterocycles. The van der Waals surface area contributed by atoms with Crippen LogP contribution in [0, 0.1) is 6.92 Å². The van der Waals surface area contributed by atoms with Crippen LogP contribution in [0.5, 0.6) is 5.75 Å². The molecule has 152 valence electrons. The number of ether oxygens (including phenoxy) is 1. The normalized spacial score (nSPS) is 12.1. The summed E-state index contributed by atoms with van der Waals surface area (Å²) < 4.78 is 7.04. The van der Waals surface area contributed by atoms with Crippen LogP contribution in [-0.2, 0) is 4.79 Å². The van der Waals surface area contributed by atoms with Crippen molar-refractivity contribution in [1.82, 2.24) is 20.2 Å². The topological polar surface area (TPSA) is 81.9 Å². The number of carbonyl (C=O) groups excluding carboxylic acids is 1. The highest BCUT2D eigenvalue weighted by Gasteiger charge is 2.21. The first kappa shape index (κ1) is 20.9. The maximum atomic E-state index is 12.8. The van der Waals surface area contributed by atoms with Crippen molar-refractivity contribution in [2.45, 2.75) is 44.0 Å². The fourth-order valence-electron chi connectivity index (χ4n) is 2.93. The van der Waals surface area contributed by atoms with E-state index in [2.05, 4.69) is 34.7 Å². The molecule has 1 heterocycles. The summed E-state index contributed by atoms with van der Waals surface area (Å²) in [6, 6.07) is 13.6. The van der Waals surface area contributed by atoms with Crippen molar-refractivity contribution < 1.29 is 9.53 Å². The number of rotatable bonds is 7. The Morgan fingerprint density at radius 2 is 1.93 bits per heavy atom. The third-order valence-electron chi connectivity index (χ3n) is 4.50. The molecule has 29 heavy (non-hydrogen) atoms. The summed E-state index contributed by atoms with van der Waals surface area (Å²) in [6.07, 6.45) is 0. The van der Waals surface area contributed by atoms with Crippen LogP contribution in [0.1, 0.15) is 37.8 Å². The summed E-state index contributed by atoms with van der Waals surface area (Å²) in [7, 11) is 1.60. The summed E-state index contributed by atoms with van der Waals surface area (Å²) >= 11 is 1.30. The number of hydrogen-bond donors (Lipinski definition) is 1. The molecule has 1 amide bonds. The zero-order chi connectivity index (χ0) is 21.0. The molecule has 3 rings (SSSR count). The lowest BCUT2D eigenvalue weighted by atomic mass is 10.0. The van der Waals surface area contributed by atoms with Crippen molar-refractivity contribution in [2.75, 3.05) is 12.4 Å². The summed E-state index contributed by atoms with van der Waals surface area (Å²) in [4.78, 5) is 12.8. The number of methoxy groups -OCH3 is 1. The molecule has 0 spiro atoms. The minimum absolute atomic E-state index is 0.103. The van der Waals surface area contributed by atoms with E-state index < -0.39 is 5.25 Å². The Balaban J connectivity index is 1.79. The Morgan fingerprint density at radius 1 is 1.17 bits per heavy atom. The molecule has 7 nitrogen and oxygen atoms in total. The van der Waals surface area contributed by atoms with Crippen LogP contribution in [0.3, 0.4) is 0 Å². The molecule has 0 radical (unpaired) electrons. The number of nitrogens with zero attached hydrogens (tertiary/aromatic N) is 4. The van der Waals surface area contributed by atoms with E-state index >= 15 is 0 Å². The first-order valence-corrected chi connectivity index (χ1v) is 10.3. The van der Waals surface area contributed by atoms with Crippen LogP contribution in [0.2, 0.25) is 0 Å². The smallest absolute Gasteiger partial charge is 0.237 e. The summed E-state index contributed by atoms with van der Waals surface area (Å²) in [5.74, 6) is 0.872. The van der Waals surface area contributed by atoms with Crippen molar-refractivity contribution in [2.24, 2.45) is 0 Å². The maximum absolute atomic E-state index is 12.8. The number of thioether (sulfide) groups is 1. The number of para-hydroxylation sites is 1. The number of tetrazole rings is 1. The van der Waals surface area contributed by atoms with Gasteiger partial charge in [-0.2, -0.15) is 4.68 Å². The van der Waals surface area contributed by atoms with Gasteiger partial charge in [0, 0.05) is 5.69 Å². The molecule has 1 aromatic heterocycles. The molecule has 0 aliphatic rings. The Labute approximate surface area is 174 Å². The minimum atomic E-state index is -0.393. The molecule has 2 aromatic carbocycles. The largest absolute Gasteiger partial charge is 0.494 e.